The molecule has 120 valence electrons. The quantitative estimate of drug-likeness (QED) is 0.839. The molecular formula is C16H23N3O3. The smallest absolute Gasteiger partial charge is 0.410 e. The number of likely N-dealkylation sites (tertiary alicyclic amines) is 1. The molecule has 0 bridgehead atoms. The Morgan fingerprint density at radius 1 is 1.45 bits per heavy atom. The van der Waals surface area contributed by atoms with Gasteiger partial charge in [0.05, 0.1) is 12.8 Å². The number of carbonyl (C=O) groups is 1. The van der Waals surface area contributed by atoms with Crippen LogP contribution in [0, 0.1) is 5.92 Å². The Hall–Kier alpha value is -1.85. The topological polar surface area (TPSA) is 64.5 Å². The van der Waals surface area contributed by atoms with E-state index in [2.05, 4.69) is 9.97 Å². The molecule has 1 aliphatic carbocycles. The van der Waals surface area contributed by atoms with Gasteiger partial charge in [-0.3, -0.25) is 0 Å². The number of rotatable bonds is 2. The monoisotopic (exact) mass is 305 g/mol. The number of nitrogens with zero attached hydrogens (tertiary/aromatic N) is 3. The number of fused-ring (bicyclic) bond motifs is 1. The lowest BCUT2D eigenvalue weighted by atomic mass is 9.93. The van der Waals surface area contributed by atoms with Crippen LogP contribution < -0.4 is 4.74 Å². The second kappa shape index (κ2) is 5.11. The van der Waals surface area contributed by atoms with Crippen LogP contribution in [-0.4, -0.2) is 46.8 Å². The van der Waals surface area contributed by atoms with Gasteiger partial charge in [0.2, 0.25) is 0 Å². The highest BCUT2D eigenvalue weighted by molar-refractivity contribution is 5.69. The van der Waals surface area contributed by atoms with Crippen molar-refractivity contribution < 1.29 is 14.3 Å². The van der Waals surface area contributed by atoms with Gasteiger partial charge in [0.15, 0.2) is 0 Å². The predicted molar refractivity (Wildman–Crippen MR) is 80.8 cm³/mol. The lowest BCUT2D eigenvalue weighted by Crippen LogP contribution is -2.45. The molecule has 6 heteroatoms. The summed E-state index contributed by atoms with van der Waals surface area (Å²) in [6, 6.07) is 2.31. The Labute approximate surface area is 130 Å². The second-order valence-electron chi connectivity index (χ2n) is 7.18. The van der Waals surface area contributed by atoms with Gasteiger partial charge in [0.1, 0.15) is 5.60 Å². The molecule has 1 aromatic rings. The largest absolute Gasteiger partial charge is 0.467 e. The van der Waals surface area contributed by atoms with Gasteiger partial charge >= 0.3 is 12.1 Å². The number of hydrogen-bond acceptors (Lipinski definition) is 5. The van der Waals surface area contributed by atoms with Crippen LogP contribution in [0.25, 0.3) is 0 Å². The summed E-state index contributed by atoms with van der Waals surface area (Å²) in [7, 11) is 1.56. The van der Waals surface area contributed by atoms with Crippen LogP contribution in [0.15, 0.2) is 12.3 Å². The number of methoxy groups -OCH3 is 1. The highest BCUT2D eigenvalue weighted by Gasteiger charge is 2.60. The fourth-order valence-corrected chi connectivity index (χ4v) is 3.28. The molecule has 0 radical (unpaired) electrons. The number of piperidine rings is 1. The van der Waals surface area contributed by atoms with Gasteiger partial charge in [-0.05, 0) is 45.6 Å². The number of ether oxygens (including phenoxy) is 2. The molecule has 2 unspecified atom stereocenters. The Morgan fingerprint density at radius 2 is 2.23 bits per heavy atom. The second-order valence-corrected chi connectivity index (χ2v) is 7.18. The minimum absolute atomic E-state index is 0.0502. The average Bonchev–Trinajstić information content (AvgIpc) is 3.20. The molecule has 2 heterocycles. The molecule has 1 saturated heterocycles. The first-order chi connectivity index (χ1) is 10.3. The summed E-state index contributed by atoms with van der Waals surface area (Å²) >= 11 is 0. The molecule has 1 saturated carbocycles. The lowest BCUT2D eigenvalue weighted by molar-refractivity contribution is 0.0190. The first-order valence-electron chi connectivity index (χ1n) is 7.69. The van der Waals surface area contributed by atoms with E-state index in [1.807, 2.05) is 31.7 Å². The van der Waals surface area contributed by atoms with Gasteiger partial charge < -0.3 is 14.4 Å². The Morgan fingerprint density at radius 3 is 2.91 bits per heavy atom. The van der Waals surface area contributed by atoms with E-state index in [0.29, 0.717) is 18.5 Å². The minimum Gasteiger partial charge on any atom is -0.467 e. The molecule has 2 aliphatic rings. The molecule has 1 amide bonds. The van der Waals surface area contributed by atoms with Crippen LogP contribution in [0.2, 0.25) is 0 Å². The summed E-state index contributed by atoms with van der Waals surface area (Å²) in [5.74, 6) is 0.589. The first kappa shape index (κ1) is 15.1. The van der Waals surface area contributed by atoms with Crippen molar-refractivity contribution in [2.45, 2.75) is 44.6 Å². The number of amides is 1. The predicted octanol–water partition coefficient (Wildman–Crippen LogP) is 2.38. The zero-order chi connectivity index (χ0) is 16.0. The van der Waals surface area contributed by atoms with E-state index in [0.717, 1.165) is 25.1 Å². The fourth-order valence-electron chi connectivity index (χ4n) is 3.28. The van der Waals surface area contributed by atoms with E-state index in [9.17, 15) is 4.79 Å². The lowest BCUT2D eigenvalue weighted by Gasteiger charge is -2.34. The summed E-state index contributed by atoms with van der Waals surface area (Å²) in [5, 5.41) is 0. The Balaban J connectivity index is 1.77. The third kappa shape index (κ3) is 2.74. The molecule has 0 spiro atoms. The third-order valence-corrected chi connectivity index (χ3v) is 4.43. The van der Waals surface area contributed by atoms with E-state index in [1.54, 1.807) is 13.3 Å². The zero-order valence-corrected chi connectivity index (χ0v) is 13.6. The first-order valence-corrected chi connectivity index (χ1v) is 7.69. The molecule has 22 heavy (non-hydrogen) atoms. The molecule has 6 nitrogen and oxygen atoms in total. The molecular weight excluding hydrogens is 282 g/mol. The maximum Gasteiger partial charge on any atom is 0.410 e. The number of aromatic nitrogens is 2. The summed E-state index contributed by atoms with van der Waals surface area (Å²) in [5.41, 5.74) is 0.450. The zero-order valence-electron chi connectivity index (χ0n) is 13.6. The molecule has 2 atom stereocenters. The SMILES string of the molecule is COc1nccc(C23CC2CCN(C(=O)OC(C)(C)C)C3)n1. The van der Waals surface area contributed by atoms with Crippen LogP contribution >= 0.6 is 0 Å². The number of carbonyl (C=O) groups excluding carboxylic acids is 1. The van der Waals surface area contributed by atoms with Crippen LogP contribution in [0.4, 0.5) is 4.79 Å². The van der Waals surface area contributed by atoms with E-state index in [-0.39, 0.29) is 11.5 Å². The van der Waals surface area contributed by atoms with Crippen molar-refractivity contribution in [1.29, 1.82) is 0 Å². The summed E-state index contributed by atoms with van der Waals surface area (Å²) in [4.78, 5) is 22.7. The van der Waals surface area contributed by atoms with E-state index in [1.165, 1.54) is 0 Å². The average molecular weight is 305 g/mol. The summed E-state index contributed by atoms with van der Waals surface area (Å²) < 4.78 is 10.6. The molecule has 1 aromatic heterocycles. The van der Waals surface area contributed by atoms with Crippen LogP contribution in [0.1, 0.15) is 39.3 Å². The van der Waals surface area contributed by atoms with Crippen molar-refractivity contribution in [3.63, 3.8) is 0 Å². The maximum absolute atomic E-state index is 12.3. The van der Waals surface area contributed by atoms with Gasteiger partial charge in [-0.15, -0.1) is 0 Å². The van der Waals surface area contributed by atoms with E-state index < -0.39 is 5.60 Å². The summed E-state index contributed by atoms with van der Waals surface area (Å²) in [6.45, 7) is 7.08. The minimum atomic E-state index is -0.469. The van der Waals surface area contributed by atoms with Gasteiger partial charge in [-0.25, -0.2) is 9.78 Å². The summed E-state index contributed by atoms with van der Waals surface area (Å²) in [6.07, 6.45) is 3.54. The Bertz CT molecular complexity index is 584. The highest BCUT2D eigenvalue weighted by Crippen LogP contribution is 2.58. The van der Waals surface area contributed by atoms with Crippen molar-refractivity contribution >= 4 is 6.09 Å². The van der Waals surface area contributed by atoms with Crippen molar-refractivity contribution in [3.8, 4) is 6.01 Å². The third-order valence-electron chi connectivity index (χ3n) is 4.43. The number of hydrogen-bond donors (Lipinski definition) is 0. The van der Waals surface area contributed by atoms with Crippen molar-refractivity contribution in [2.75, 3.05) is 20.2 Å². The van der Waals surface area contributed by atoms with Crippen LogP contribution in [0.5, 0.6) is 6.01 Å². The van der Waals surface area contributed by atoms with Crippen LogP contribution in [0.3, 0.4) is 0 Å². The van der Waals surface area contributed by atoms with E-state index >= 15 is 0 Å². The normalized spacial score (nSPS) is 27.1. The van der Waals surface area contributed by atoms with Crippen molar-refractivity contribution in [3.05, 3.63) is 18.0 Å². The van der Waals surface area contributed by atoms with Crippen LogP contribution in [-0.2, 0) is 10.2 Å². The molecule has 1 aliphatic heterocycles. The van der Waals surface area contributed by atoms with Crippen molar-refractivity contribution in [1.82, 2.24) is 14.9 Å². The van der Waals surface area contributed by atoms with Gasteiger partial charge in [-0.1, -0.05) is 0 Å². The highest BCUT2D eigenvalue weighted by atomic mass is 16.6. The maximum atomic E-state index is 12.3. The van der Waals surface area contributed by atoms with Gasteiger partial charge in [-0.2, -0.15) is 4.98 Å². The van der Waals surface area contributed by atoms with Gasteiger partial charge in [0, 0.05) is 24.7 Å². The van der Waals surface area contributed by atoms with Crippen molar-refractivity contribution in [2.24, 2.45) is 5.92 Å². The molecule has 2 fully saturated rings. The van der Waals surface area contributed by atoms with E-state index in [4.69, 9.17) is 9.47 Å². The standard InChI is InChI=1S/C16H23N3O3/c1-15(2,3)22-14(20)19-8-6-11-9-16(11,10-19)12-5-7-17-13(18-12)21-4/h5,7,11H,6,8-10H2,1-4H3. The molecule has 3 rings (SSSR count). The molecule has 0 N–H and O–H groups in total. The Kier molecular flexibility index (Phi) is 3.50. The molecule has 0 aromatic carbocycles. The van der Waals surface area contributed by atoms with Gasteiger partial charge in [0.25, 0.3) is 0 Å². The fraction of sp³-hybridized carbons (Fsp3) is 0.688.